The quantitative estimate of drug-likeness (QED) is 0.758. The van der Waals surface area contributed by atoms with Crippen molar-refractivity contribution in [2.24, 2.45) is 5.73 Å². The first-order valence-corrected chi connectivity index (χ1v) is 8.60. The standard InChI is InChI=1S/C13H19N5OS2/c1-3-18-11(7-14)16-17-13(18)21-8-12(19)15-9(2)10-5-4-6-20-10/h4-6,9H,3,7-8,14H2,1-2H3,(H,15,19). The van der Waals surface area contributed by atoms with Crippen molar-refractivity contribution < 1.29 is 4.79 Å². The number of nitrogens with two attached hydrogens (primary N) is 1. The van der Waals surface area contributed by atoms with Crippen LogP contribution in [-0.2, 0) is 17.9 Å². The van der Waals surface area contributed by atoms with E-state index in [1.54, 1.807) is 11.3 Å². The number of aromatic nitrogens is 3. The molecule has 0 bridgehead atoms. The second-order valence-electron chi connectivity index (χ2n) is 4.44. The van der Waals surface area contributed by atoms with Gasteiger partial charge in [-0.1, -0.05) is 17.8 Å². The van der Waals surface area contributed by atoms with E-state index in [4.69, 9.17) is 5.73 Å². The Hall–Kier alpha value is -1.38. The van der Waals surface area contributed by atoms with E-state index in [1.807, 2.05) is 35.9 Å². The SMILES string of the molecule is CCn1c(CN)nnc1SCC(=O)NC(C)c1cccs1. The second-order valence-corrected chi connectivity index (χ2v) is 6.36. The molecule has 0 aliphatic rings. The monoisotopic (exact) mass is 325 g/mol. The lowest BCUT2D eigenvalue weighted by Gasteiger charge is -2.12. The lowest BCUT2D eigenvalue weighted by Crippen LogP contribution is -2.27. The maximum absolute atomic E-state index is 12.0. The lowest BCUT2D eigenvalue weighted by atomic mass is 10.3. The van der Waals surface area contributed by atoms with Gasteiger partial charge >= 0.3 is 0 Å². The molecule has 2 aromatic heterocycles. The van der Waals surface area contributed by atoms with Crippen molar-refractivity contribution in [1.29, 1.82) is 0 Å². The van der Waals surface area contributed by atoms with Crippen molar-refractivity contribution in [2.45, 2.75) is 38.1 Å². The predicted molar refractivity (Wildman–Crippen MR) is 85.2 cm³/mol. The van der Waals surface area contributed by atoms with E-state index in [0.29, 0.717) is 12.3 Å². The van der Waals surface area contributed by atoms with Crippen LogP contribution in [0.25, 0.3) is 0 Å². The average molecular weight is 325 g/mol. The Morgan fingerprint density at radius 3 is 3.00 bits per heavy atom. The van der Waals surface area contributed by atoms with Crippen molar-refractivity contribution in [2.75, 3.05) is 5.75 Å². The maximum Gasteiger partial charge on any atom is 0.230 e. The first-order valence-electron chi connectivity index (χ1n) is 6.73. The van der Waals surface area contributed by atoms with E-state index in [9.17, 15) is 4.79 Å². The van der Waals surface area contributed by atoms with E-state index in [-0.39, 0.29) is 11.9 Å². The van der Waals surface area contributed by atoms with Gasteiger partial charge in [-0.2, -0.15) is 0 Å². The van der Waals surface area contributed by atoms with Crippen LogP contribution in [-0.4, -0.2) is 26.4 Å². The fraction of sp³-hybridized carbons (Fsp3) is 0.462. The van der Waals surface area contributed by atoms with E-state index in [1.165, 1.54) is 11.8 Å². The predicted octanol–water partition coefficient (Wildman–Crippen LogP) is 1.79. The van der Waals surface area contributed by atoms with Crippen LogP contribution < -0.4 is 11.1 Å². The van der Waals surface area contributed by atoms with E-state index in [2.05, 4.69) is 15.5 Å². The topological polar surface area (TPSA) is 85.8 Å². The third-order valence-electron chi connectivity index (χ3n) is 2.97. The highest BCUT2D eigenvalue weighted by Crippen LogP contribution is 2.20. The summed E-state index contributed by atoms with van der Waals surface area (Å²) < 4.78 is 1.93. The van der Waals surface area contributed by atoms with Crippen molar-refractivity contribution in [3.8, 4) is 0 Å². The highest BCUT2D eigenvalue weighted by atomic mass is 32.2. The third-order valence-corrected chi connectivity index (χ3v) is 4.99. The molecular weight excluding hydrogens is 306 g/mol. The van der Waals surface area contributed by atoms with Gasteiger partial charge in [0.25, 0.3) is 0 Å². The van der Waals surface area contributed by atoms with Crippen molar-refractivity contribution >= 4 is 29.0 Å². The van der Waals surface area contributed by atoms with E-state index >= 15 is 0 Å². The molecule has 21 heavy (non-hydrogen) atoms. The van der Waals surface area contributed by atoms with Gasteiger partial charge in [0.1, 0.15) is 5.82 Å². The van der Waals surface area contributed by atoms with Gasteiger partial charge in [-0.15, -0.1) is 21.5 Å². The number of hydrogen-bond donors (Lipinski definition) is 2. The Kier molecular flexibility index (Phi) is 5.77. The van der Waals surface area contributed by atoms with Gasteiger partial charge in [-0.05, 0) is 25.3 Å². The molecule has 2 aromatic rings. The summed E-state index contributed by atoms with van der Waals surface area (Å²) in [5, 5.41) is 13.8. The summed E-state index contributed by atoms with van der Waals surface area (Å²) in [7, 11) is 0. The number of rotatable bonds is 7. The number of nitrogens with zero attached hydrogens (tertiary/aromatic N) is 3. The fourth-order valence-electron chi connectivity index (χ4n) is 1.92. The Bertz CT molecular complexity index is 581. The minimum Gasteiger partial charge on any atom is -0.348 e. The molecule has 0 aliphatic carbocycles. The maximum atomic E-state index is 12.0. The highest BCUT2D eigenvalue weighted by molar-refractivity contribution is 7.99. The molecule has 0 spiro atoms. The van der Waals surface area contributed by atoms with Gasteiger partial charge in [0, 0.05) is 11.4 Å². The van der Waals surface area contributed by atoms with Crippen LogP contribution in [0.15, 0.2) is 22.7 Å². The molecular formula is C13H19N5OS2. The van der Waals surface area contributed by atoms with Crippen LogP contribution in [0.2, 0.25) is 0 Å². The molecule has 2 heterocycles. The number of thioether (sulfide) groups is 1. The zero-order valence-corrected chi connectivity index (χ0v) is 13.7. The summed E-state index contributed by atoms with van der Waals surface area (Å²) in [4.78, 5) is 13.1. The third kappa shape index (κ3) is 4.05. The number of carbonyl (C=O) groups excluding carboxylic acids is 1. The molecule has 3 N–H and O–H groups in total. The normalized spacial score (nSPS) is 12.3. The first kappa shape index (κ1) is 16.0. The molecule has 1 amide bonds. The summed E-state index contributed by atoms with van der Waals surface area (Å²) in [5.41, 5.74) is 5.60. The van der Waals surface area contributed by atoms with Crippen LogP contribution in [0, 0.1) is 0 Å². The molecule has 0 radical (unpaired) electrons. The average Bonchev–Trinajstić information content (AvgIpc) is 3.13. The molecule has 114 valence electrons. The molecule has 0 fully saturated rings. The van der Waals surface area contributed by atoms with Crippen LogP contribution >= 0.6 is 23.1 Å². The van der Waals surface area contributed by atoms with Gasteiger partial charge in [0.05, 0.1) is 18.3 Å². The number of nitrogens with one attached hydrogen (secondary N) is 1. The summed E-state index contributed by atoms with van der Waals surface area (Å²) in [6, 6.07) is 4.03. The Labute approximate surface area is 132 Å². The molecule has 0 aliphatic heterocycles. The van der Waals surface area contributed by atoms with Gasteiger partial charge < -0.3 is 15.6 Å². The minimum atomic E-state index is -0.0131. The summed E-state index contributed by atoms with van der Waals surface area (Å²) in [5.74, 6) is 1.05. The number of thiophene rings is 1. The molecule has 2 rings (SSSR count). The second kappa shape index (κ2) is 7.58. The van der Waals surface area contributed by atoms with E-state index < -0.39 is 0 Å². The van der Waals surface area contributed by atoms with Gasteiger partial charge in [-0.25, -0.2) is 0 Å². The minimum absolute atomic E-state index is 0.0131. The summed E-state index contributed by atoms with van der Waals surface area (Å²) >= 11 is 3.02. The largest absolute Gasteiger partial charge is 0.348 e. The van der Waals surface area contributed by atoms with Crippen LogP contribution in [0.5, 0.6) is 0 Å². The number of carbonyl (C=O) groups is 1. The fourth-order valence-corrected chi connectivity index (χ4v) is 3.48. The van der Waals surface area contributed by atoms with Crippen molar-refractivity contribution in [1.82, 2.24) is 20.1 Å². The molecule has 1 unspecified atom stereocenters. The molecule has 0 aromatic carbocycles. The van der Waals surface area contributed by atoms with Crippen LogP contribution in [0.3, 0.4) is 0 Å². The lowest BCUT2D eigenvalue weighted by molar-refractivity contribution is -0.119. The highest BCUT2D eigenvalue weighted by Gasteiger charge is 2.14. The van der Waals surface area contributed by atoms with Crippen molar-refractivity contribution in [3.63, 3.8) is 0 Å². The molecule has 6 nitrogen and oxygen atoms in total. The van der Waals surface area contributed by atoms with Gasteiger partial charge in [-0.3, -0.25) is 4.79 Å². The Balaban J connectivity index is 1.88. The van der Waals surface area contributed by atoms with Crippen LogP contribution in [0.1, 0.15) is 30.6 Å². The summed E-state index contributed by atoms with van der Waals surface area (Å²) in [6.07, 6.45) is 0. The van der Waals surface area contributed by atoms with Gasteiger partial charge in [0.15, 0.2) is 5.16 Å². The van der Waals surface area contributed by atoms with Crippen molar-refractivity contribution in [3.05, 3.63) is 28.2 Å². The zero-order chi connectivity index (χ0) is 15.2. The Morgan fingerprint density at radius 2 is 2.38 bits per heavy atom. The van der Waals surface area contributed by atoms with Crippen LogP contribution in [0.4, 0.5) is 0 Å². The Morgan fingerprint density at radius 1 is 1.57 bits per heavy atom. The number of amides is 1. The summed E-state index contributed by atoms with van der Waals surface area (Å²) in [6.45, 7) is 5.08. The number of hydrogen-bond acceptors (Lipinski definition) is 6. The molecule has 0 saturated heterocycles. The molecule has 0 saturated carbocycles. The van der Waals surface area contributed by atoms with E-state index in [0.717, 1.165) is 22.4 Å². The molecule has 1 atom stereocenters. The zero-order valence-electron chi connectivity index (χ0n) is 12.1. The van der Waals surface area contributed by atoms with Gasteiger partial charge in [0.2, 0.25) is 5.91 Å². The first-order chi connectivity index (χ1) is 10.2. The molecule has 8 heteroatoms. The smallest absolute Gasteiger partial charge is 0.230 e.